The molecule has 1 aliphatic heterocycles. The Morgan fingerprint density at radius 2 is 1.88 bits per heavy atom. The maximum absolute atomic E-state index is 12.7. The predicted molar refractivity (Wildman–Crippen MR) is 125 cm³/mol. The summed E-state index contributed by atoms with van der Waals surface area (Å²) in [5.41, 5.74) is 2.54. The topological polar surface area (TPSA) is 116 Å². The number of hydrogen-bond acceptors (Lipinski definition) is 5. The highest BCUT2D eigenvalue weighted by molar-refractivity contribution is 7.16. The first-order valence-electron chi connectivity index (χ1n) is 9.95. The zero-order valence-electron chi connectivity index (χ0n) is 17.5. The Balaban J connectivity index is 1.46. The molecule has 8 nitrogen and oxygen atoms in total. The molecule has 4 amide bonds. The lowest BCUT2D eigenvalue weighted by Crippen LogP contribution is -2.38. The highest BCUT2D eigenvalue weighted by Crippen LogP contribution is 2.30. The predicted octanol–water partition coefficient (Wildman–Crippen LogP) is 3.95. The summed E-state index contributed by atoms with van der Waals surface area (Å²) < 4.78 is 0. The standard InChI is InChI=1S/C24H19N3O5S/c1-14-4-2-7-17(10-14)25-21(28)13-27-22(29)19(26-24(27)32)12-18-8-9-20(33-18)15-5-3-6-16(11-15)23(30)31/h2-12H,13H2,1H3,(H,25,28)(H,26,32)(H,30,31)/b19-12-. The van der Waals surface area contributed by atoms with Crippen molar-refractivity contribution in [3.63, 3.8) is 0 Å². The fourth-order valence-electron chi connectivity index (χ4n) is 3.32. The van der Waals surface area contributed by atoms with E-state index in [9.17, 15) is 24.3 Å². The van der Waals surface area contributed by atoms with Gasteiger partial charge in [-0.2, -0.15) is 0 Å². The molecule has 2 aromatic carbocycles. The molecule has 0 spiro atoms. The number of carboxylic acid groups (broad SMARTS) is 1. The van der Waals surface area contributed by atoms with Crippen molar-refractivity contribution in [3.05, 3.63) is 82.4 Å². The van der Waals surface area contributed by atoms with Crippen LogP contribution in [0.15, 0.2) is 66.4 Å². The van der Waals surface area contributed by atoms with Crippen molar-refractivity contribution in [2.75, 3.05) is 11.9 Å². The van der Waals surface area contributed by atoms with Crippen LogP contribution >= 0.6 is 11.3 Å². The summed E-state index contributed by atoms with van der Waals surface area (Å²) in [5.74, 6) is -2.09. The van der Waals surface area contributed by atoms with E-state index in [0.717, 1.165) is 20.9 Å². The van der Waals surface area contributed by atoms with E-state index in [1.807, 2.05) is 19.1 Å². The van der Waals surface area contributed by atoms with Crippen LogP contribution in [0.25, 0.3) is 16.5 Å². The van der Waals surface area contributed by atoms with Gasteiger partial charge in [-0.05, 0) is 60.5 Å². The van der Waals surface area contributed by atoms with Gasteiger partial charge in [0, 0.05) is 15.4 Å². The summed E-state index contributed by atoms with van der Waals surface area (Å²) in [7, 11) is 0. The molecule has 3 aromatic rings. The van der Waals surface area contributed by atoms with Crippen molar-refractivity contribution in [2.24, 2.45) is 0 Å². The first kappa shape index (κ1) is 22.0. The Morgan fingerprint density at radius 1 is 1.09 bits per heavy atom. The van der Waals surface area contributed by atoms with Gasteiger partial charge in [-0.3, -0.25) is 9.59 Å². The van der Waals surface area contributed by atoms with E-state index in [1.54, 1.807) is 42.5 Å². The van der Waals surface area contributed by atoms with Crippen LogP contribution < -0.4 is 10.6 Å². The second kappa shape index (κ2) is 9.09. The van der Waals surface area contributed by atoms with Crippen LogP contribution in [0.2, 0.25) is 0 Å². The molecule has 2 heterocycles. The molecule has 9 heteroatoms. The molecule has 0 unspecified atom stereocenters. The summed E-state index contributed by atoms with van der Waals surface area (Å²) in [4.78, 5) is 50.8. The highest BCUT2D eigenvalue weighted by atomic mass is 32.1. The van der Waals surface area contributed by atoms with Gasteiger partial charge in [0.1, 0.15) is 12.2 Å². The maximum Gasteiger partial charge on any atom is 0.335 e. The molecule has 0 aliphatic carbocycles. The lowest BCUT2D eigenvalue weighted by molar-refractivity contribution is -0.127. The van der Waals surface area contributed by atoms with Crippen LogP contribution in [0.3, 0.4) is 0 Å². The molecule has 4 rings (SSSR count). The quantitative estimate of drug-likeness (QED) is 0.380. The van der Waals surface area contributed by atoms with E-state index in [2.05, 4.69) is 10.6 Å². The van der Waals surface area contributed by atoms with Gasteiger partial charge in [0.25, 0.3) is 5.91 Å². The number of benzene rings is 2. The normalized spacial score (nSPS) is 14.5. The average molecular weight is 461 g/mol. The molecule has 166 valence electrons. The zero-order chi connectivity index (χ0) is 23.5. The second-order valence-corrected chi connectivity index (χ2v) is 8.50. The Labute approximate surface area is 193 Å². The smallest absolute Gasteiger partial charge is 0.335 e. The third kappa shape index (κ3) is 4.99. The van der Waals surface area contributed by atoms with Crippen molar-refractivity contribution in [2.45, 2.75) is 6.92 Å². The van der Waals surface area contributed by atoms with E-state index in [4.69, 9.17) is 0 Å². The fourth-order valence-corrected chi connectivity index (χ4v) is 4.26. The number of aromatic carboxylic acids is 1. The van der Waals surface area contributed by atoms with Gasteiger partial charge < -0.3 is 15.7 Å². The number of carboxylic acids is 1. The van der Waals surface area contributed by atoms with E-state index >= 15 is 0 Å². The number of rotatable bonds is 6. The number of carbonyl (C=O) groups is 4. The van der Waals surface area contributed by atoms with Crippen LogP contribution in [-0.2, 0) is 9.59 Å². The number of amides is 4. The summed E-state index contributed by atoms with van der Waals surface area (Å²) in [6.45, 7) is 1.48. The number of aryl methyl sites for hydroxylation is 1. The van der Waals surface area contributed by atoms with Crippen LogP contribution in [0.1, 0.15) is 20.8 Å². The maximum atomic E-state index is 12.7. The molecule has 1 aliphatic rings. The molecule has 1 fully saturated rings. The average Bonchev–Trinajstić information content (AvgIpc) is 3.34. The molecule has 0 atom stereocenters. The van der Waals surface area contributed by atoms with Crippen molar-refractivity contribution < 1.29 is 24.3 Å². The Bertz CT molecular complexity index is 1310. The van der Waals surface area contributed by atoms with Crippen LogP contribution in [0.4, 0.5) is 10.5 Å². The highest BCUT2D eigenvalue weighted by Gasteiger charge is 2.35. The number of imide groups is 1. The Kier molecular flexibility index (Phi) is 6.05. The molecule has 33 heavy (non-hydrogen) atoms. The van der Waals surface area contributed by atoms with Crippen molar-refractivity contribution in [1.82, 2.24) is 10.2 Å². The molecule has 1 saturated heterocycles. The number of anilines is 1. The second-order valence-electron chi connectivity index (χ2n) is 7.39. The summed E-state index contributed by atoms with van der Waals surface area (Å²) in [5, 5.41) is 14.3. The molecule has 0 bridgehead atoms. The number of thiophene rings is 1. The number of hydrogen-bond donors (Lipinski definition) is 3. The summed E-state index contributed by atoms with van der Waals surface area (Å²) in [6, 6.07) is 16.7. The van der Waals surface area contributed by atoms with Gasteiger partial charge in [-0.15, -0.1) is 11.3 Å². The molecular formula is C24H19N3O5S. The fraction of sp³-hybridized carbons (Fsp3) is 0.0833. The first-order valence-corrected chi connectivity index (χ1v) is 10.8. The van der Waals surface area contributed by atoms with Gasteiger partial charge in [0.2, 0.25) is 5.91 Å². The minimum absolute atomic E-state index is 0.0658. The largest absolute Gasteiger partial charge is 0.478 e. The third-order valence-electron chi connectivity index (χ3n) is 4.87. The number of carbonyl (C=O) groups excluding carboxylic acids is 3. The third-order valence-corrected chi connectivity index (χ3v) is 5.95. The van der Waals surface area contributed by atoms with Crippen LogP contribution in [-0.4, -0.2) is 40.4 Å². The Morgan fingerprint density at radius 3 is 2.64 bits per heavy atom. The van der Waals surface area contributed by atoms with Crippen molar-refractivity contribution >= 4 is 46.9 Å². The molecule has 0 saturated carbocycles. The lowest BCUT2D eigenvalue weighted by atomic mass is 10.1. The van der Waals surface area contributed by atoms with E-state index < -0.39 is 30.4 Å². The van der Waals surface area contributed by atoms with Crippen molar-refractivity contribution in [3.8, 4) is 10.4 Å². The van der Waals surface area contributed by atoms with E-state index in [-0.39, 0.29) is 11.3 Å². The lowest BCUT2D eigenvalue weighted by Gasteiger charge is -2.12. The summed E-state index contributed by atoms with van der Waals surface area (Å²) in [6.07, 6.45) is 1.54. The zero-order valence-corrected chi connectivity index (χ0v) is 18.3. The van der Waals surface area contributed by atoms with Crippen molar-refractivity contribution in [1.29, 1.82) is 0 Å². The van der Waals surface area contributed by atoms with Gasteiger partial charge >= 0.3 is 12.0 Å². The molecular weight excluding hydrogens is 442 g/mol. The van der Waals surface area contributed by atoms with Crippen LogP contribution in [0, 0.1) is 6.92 Å². The van der Waals surface area contributed by atoms with E-state index in [0.29, 0.717) is 10.6 Å². The molecule has 0 radical (unpaired) electrons. The summed E-state index contributed by atoms with van der Waals surface area (Å²) >= 11 is 1.34. The number of urea groups is 1. The first-order chi connectivity index (χ1) is 15.8. The van der Waals surface area contributed by atoms with Gasteiger partial charge in [0.05, 0.1) is 5.56 Å². The van der Waals surface area contributed by atoms with Gasteiger partial charge in [-0.1, -0.05) is 24.3 Å². The monoisotopic (exact) mass is 461 g/mol. The number of nitrogens with zero attached hydrogens (tertiary/aromatic N) is 1. The number of nitrogens with one attached hydrogen (secondary N) is 2. The van der Waals surface area contributed by atoms with Gasteiger partial charge in [0.15, 0.2) is 0 Å². The SMILES string of the molecule is Cc1cccc(NC(=O)CN2C(=O)N/C(=C\c3ccc(-c4cccc(C(=O)O)c4)s3)C2=O)c1. The molecule has 1 aromatic heterocycles. The minimum atomic E-state index is -1.01. The molecule has 3 N–H and O–H groups in total. The van der Waals surface area contributed by atoms with Gasteiger partial charge in [-0.25, -0.2) is 14.5 Å². The Hall–Kier alpha value is -4.24. The van der Waals surface area contributed by atoms with E-state index in [1.165, 1.54) is 23.5 Å². The van der Waals surface area contributed by atoms with Crippen LogP contribution in [0.5, 0.6) is 0 Å². The minimum Gasteiger partial charge on any atom is -0.478 e.